The number of rotatable bonds is 6. The summed E-state index contributed by atoms with van der Waals surface area (Å²) >= 11 is 0. The Kier molecular flexibility index (Phi) is 5.68. The van der Waals surface area contributed by atoms with E-state index in [9.17, 15) is 14.0 Å². The standard InChI is InChI=1S/C17H17FN2O3/c1-12(21)20-15-4-2-3-5-16(15)23-11-17(22)19-10-13-6-8-14(18)9-7-13/h2-9H,10-11H2,1H3,(H,19,22)(H,20,21). The van der Waals surface area contributed by atoms with Crippen LogP contribution in [0.15, 0.2) is 48.5 Å². The lowest BCUT2D eigenvalue weighted by molar-refractivity contribution is -0.123. The van der Waals surface area contributed by atoms with Crippen LogP contribution in [-0.4, -0.2) is 18.4 Å². The highest BCUT2D eigenvalue weighted by atomic mass is 19.1. The molecule has 23 heavy (non-hydrogen) atoms. The maximum atomic E-state index is 12.8. The van der Waals surface area contributed by atoms with Crippen molar-refractivity contribution in [1.29, 1.82) is 0 Å². The van der Waals surface area contributed by atoms with Crippen molar-refractivity contribution in [3.05, 3.63) is 59.9 Å². The predicted molar refractivity (Wildman–Crippen MR) is 84.5 cm³/mol. The smallest absolute Gasteiger partial charge is 0.258 e. The molecule has 120 valence electrons. The first-order valence-electron chi connectivity index (χ1n) is 7.05. The minimum atomic E-state index is -0.321. The highest BCUT2D eigenvalue weighted by Crippen LogP contribution is 2.23. The van der Waals surface area contributed by atoms with E-state index in [2.05, 4.69) is 10.6 Å². The van der Waals surface area contributed by atoms with Gasteiger partial charge in [0.15, 0.2) is 6.61 Å². The number of carbonyl (C=O) groups excluding carboxylic acids is 2. The van der Waals surface area contributed by atoms with Gasteiger partial charge in [0.05, 0.1) is 5.69 Å². The van der Waals surface area contributed by atoms with E-state index in [1.165, 1.54) is 19.1 Å². The molecule has 0 atom stereocenters. The Morgan fingerprint density at radius 3 is 2.48 bits per heavy atom. The van der Waals surface area contributed by atoms with Gasteiger partial charge in [-0.3, -0.25) is 9.59 Å². The molecule has 0 heterocycles. The number of carbonyl (C=O) groups is 2. The van der Waals surface area contributed by atoms with E-state index < -0.39 is 0 Å². The average Bonchev–Trinajstić information content (AvgIpc) is 2.53. The second-order valence-electron chi connectivity index (χ2n) is 4.87. The number of benzene rings is 2. The van der Waals surface area contributed by atoms with E-state index in [1.54, 1.807) is 36.4 Å². The first-order valence-corrected chi connectivity index (χ1v) is 7.05. The van der Waals surface area contributed by atoms with Crippen LogP contribution in [0.3, 0.4) is 0 Å². The van der Waals surface area contributed by atoms with Crippen LogP contribution in [0.25, 0.3) is 0 Å². The Labute approximate surface area is 133 Å². The zero-order valence-corrected chi connectivity index (χ0v) is 12.6. The molecule has 0 saturated heterocycles. The SMILES string of the molecule is CC(=O)Nc1ccccc1OCC(=O)NCc1ccc(F)cc1. The highest BCUT2D eigenvalue weighted by molar-refractivity contribution is 5.90. The summed E-state index contributed by atoms with van der Waals surface area (Å²) in [6.45, 7) is 1.50. The van der Waals surface area contributed by atoms with E-state index in [-0.39, 0.29) is 30.8 Å². The number of para-hydroxylation sites is 2. The Bertz CT molecular complexity index is 686. The van der Waals surface area contributed by atoms with Crippen LogP contribution < -0.4 is 15.4 Å². The molecule has 0 aliphatic heterocycles. The Hall–Kier alpha value is -2.89. The van der Waals surface area contributed by atoms with Gasteiger partial charge >= 0.3 is 0 Å². The number of hydrogen-bond donors (Lipinski definition) is 2. The molecule has 2 N–H and O–H groups in total. The maximum Gasteiger partial charge on any atom is 0.258 e. The Morgan fingerprint density at radius 1 is 1.09 bits per heavy atom. The van der Waals surface area contributed by atoms with Crippen molar-refractivity contribution >= 4 is 17.5 Å². The van der Waals surface area contributed by atoms with Crippen LogP contribution in [0, 0.1) is 5.82 Å². The van der Waals surface area contributed by atoms with E-state index in [4.69, 9.17) is 4.74 Å². The van der Waals surface area contributed by atoms with Gasteiger partial charge in [-0.25, -0.2) is 4.39 Å². The fourth-order valence-electron chi connectivity index (χ4n) is 1.88. The number of hydrogen-bond acceptors (Lipinski definition) is 3. The highest BCUT2D eigenvalue weighted by Gasteiger charge is 2.07. The van der Waals surface area contributed by atoms with E-state index in [0.717, 1.165) is 5.56 Å². The van der Waals surface area contributed by atoms with Gasteiger partial charge in [0.1, 0.15) is 11.6 Å². The monoisotopic (exact) mass is 316 g/mol. The third-order valence-corrected chi connectivity index (χ3v) is 2.96. The molecule has 5 nitrogen and oxygen atoms in total. The van der Waals surface area contributed by atoms with Crippen LogP contribution in [0.1, 0.15) is 12.5 Å². The summed E-state index contributed by atoms with van der Waals surface area (Å²) in [6.07, 6.45) is 0. The molecule has 6 heteroatoms. The number of amides is 2. The van der Waals surface area contributed by atoms with Gasteiger partial charge < -0.3 is 15.4 Å². The molecular formula is C17H17FN2O3. The van der Waals surface area contributed by atoms with Gasteiger partial charge in [-0.15, -0.1) is 0 Å². The van der Waals surface area contributed by atoms with Gasteiger partial charge in [-0.05, 0) is 29.8 Å². The first kappa shape index (κ1) is 16.5. The lowest BCUT2D eigenvalue weighted by Gasteiger charge is -2.11. The summed E-state index contributed by atoms with van der Waals surface area (Å²) in [5, 5.41) is 5.30. The molecule has 0 fully saturated rings. The predicted octanol–water partition coefficient (Wildman–Crippen LogP) is 2.48. The normalized spacial score (nSPS) is 10.0. The molecule has 0 spiro atoms. The summed E-state index contributed by atoms with van der Waals surface area (Å²) < 4.78 is 18.2. The van der Waals surface area contributed by atoms with Crippen LogP contribution in [-0.2, 0) is 16.1 Å². The minimum Gasteiger partial charge on any atom is -0.482 e. The number of anilines is 1. The van der Waals surface area contributed by atoms with Crippen LogP contribution in [0.5, 0.6) is 5.75 Å². The third kappa shape index (κ3) is 5.43. The van der Waals surface area contributed by atoms with Crippen LogP contribution in [0.2, 0.25) is 0 Å². The number of ether oxygens (including phenoxy) is 1. The fraction of sp³-hybridized carbons (Fsp3) is 0.176. The van der Waals surface area contributed by atoms with E-state index in [1.807, 2.05) is 0 Å². The maximum absolute atomic E-state index is 12.8. The van der Waals surface area contributed by atoms with E-state index >= 15 is 0 Å². The molecule has 0 aromatic heterocycles. The summed E-state index contributed by atoms with van der Waals surface area (Å²) in [5.74, 6) is -0.439. The zero-order valence-electron chi connectivity index (χ0n) is 12.6. The molecule has 0 radical (unpaired) electrons. The van der Waals surface area contributed by atoms with Gasteiger partial charge in [-0.1, -0.05) is 24.3 Å². The largest absolute Gasteiger partial charge is 0.482 e. The third-order valence-electron chi connectivity index (χ3n) is 2.96. The minimum absolute atomic E-state index is 0.183. The zero-order chi connectivity index (χ0) is 16.7. The van der Waals surface area contributed by atoms with Crippen molar-refractivity contribution in [2.45, 2.75) is 13.5 Å². The molecule has 2 aromatic rings. The van der Waals surface area contributed by atoms with Crippen LogP contribution >= 0.6 is 0 Å². The molecule has 2 rings (SSSR count). The molecular weight excluding hydrogens is 299 g/mol. The Morgan fingerprint density at radius 2 is 1.78 bits per heavy atom. The molecule has 0 bridgehead atoms. The fourth-order valence-corrected chi connectivity index (χ4v) is 1.88. The van der Waals surface area contributed by atoms with Crippen molar-refractivity contribution in [1.82, 2.24) is 5.32 Å². The van der Waals surface area contributed by atoms with Gasteiger partial charge in [0, 0.05) is 13.5 Å². The molecule has 0 aliphatic rings. The summed E-state index contributed by atoms with van der Waals surface area (Å²) in [7, 11) is 0. The molecule has 0 unspecified atom stereocenters. The second kappa shape index (κ2) is 7.93. The van der Waals surface area contributed by atoms with Crippen molar-refractivity contribution in [2.24, 2.45) is 0 Å². The Balaban J connectivity index is 1.84. The van der Waals surface area contributed by atoms with Crippen LogP contribution in [0.4, 0.5) is 10.1 Å². The quantitative estimate of drug-likeness (QED) is 0.860. The van der Waals surface area contributed by atoms with Gasteiger partial charge in [0.25, 0.3) is 5.91 Å². The van der Waals surface area contributed by atoms with Crippen molar-refractivity contribution < 1.29 is 18.7 Å². The van der Waals surface area contributed by atoms with Crippen molar-refractivity contribution in [3.63, 3.8) is 0 Å². The lowest BCUT2D eigenvalue weighted by atomic mass is 10.2. The number of nitrogens with one attached hydrogen (secondary N) is 2. The molecule has 0 saturated carbocycles. The summed E-state index contributed by atoms with van der Waals surface area (Å²) in [4.78, 5) is 22.9. The molecule has 2 amide bonds. The van der Waals surface area contributed by atoms with Gasteiger partial charge in [0.2, 0.25) is 5.91 Å². The second-order valence-corrected chi connectivity index (χ2v) is 4.87. The molecule has 0 aliphatic carbocycles. The molecule has 2 aromatic carbocycles. The lowest BCUT2D eigenvalue weighted by Crippen LogP contribution is -2.28. The topological polar surface area (TPSA) is 67.4 Å². The van der Waals surface area contributed by atoms with Gasteiger partial charge in [-0.2, -0.15) is 0 Å². The number of halogens is 1. The summed E-state index contributed by atoms with van der Waals surface area (Å²) in [6, 6.07) is 12.7. The van der Waals surface area contributed by atoms with Crippen molar-refractivity contribution in [2.75, 3.05) is 11.9 Å². The van der Waals surface area contributed by atoms with E-state index in [0.29, 0.717) is 11.4 Å². The first-order chi connectivity index (χ1) is 11.0. The summed E-state index contributed by atoms with van der Waals surface area (Å²) in [5.41, 5.74) is 1.30. The van der Waals surface area contributed by atoms with Crippen molar-refractivity contribution in [3.8, 4) is 5.75 Å². The average molecular weight is 316 g/mol.